The van der Waals surface area contributed by atoms with Crippen LogP contribution in [0.3, 0.4) is 0 Å². The summed E-state index contributed by atoms with van der Waals surface area (Å²) in [5, 5.41) is 12.5. The first-order valence-corrected chi connectivity index (χ1v) is 4.18. The maximum Gasteiger partial charge on any atom is 0.0636 e. The third-order valence-electron chi connectivity index (χ3n) is 2.24. The van der Waals surface area contributed by atoms with Crippen LogP contribution in [0, 0.1) is 5.92 Å². The normalized spacial score (nSPS) is 24.6. The van der Waals surface area contributed by atoms with Crippen molar-refractivity contribution in [1.82, 2.24) is 0 Å². The fourth-order valence-corrected chi connectivity index (χ4v) is 1.51. The van der Waals surface area contributed by atoms with Gasteiger partial charge >= 0.3 is 0 Å². The fraction of sp³-hybridized carbons (Fsp3) is 0.750. The van der Waals surface area contributed by atoms with Crippen molar-refractivity contribution in [2.45, 2.75) is 25.3 Å². The molecule has 0 aromatic rings. The number of hydrogen-bond donors (Lipinski definition) is 1. The van der Waals surface area contributed by atoms with E-state index in [1.807, 2.05) is 0 Å². The molecule has 2 atom stereocenters. The lowest BCUT2D eigenvalue weighted by Crippen LogP contribution is -2.22. The van der Waals surface area contributed by atoms with Gasteiger partial charge in [0.1, 0.15) is 0 Å². The minimum atomic E-state index is -0.236. The first-order chi connectivity index (χ1) is 5.88. The molecule has 0 aliphatic heterocycles. The van der Waals surface area contributed by atoms with Crippen molar-refractivity contribution in [1.29, 1.82) is 0 Å². The summed E-state index contributed by atoms with van der Waals surface area (Å²) < 4.78 is 0. The van der Waals surface area contributed by atoms with Crippen LogP contribution in [0.2, 0.25) is 0 Å². The first-order valence-electron chi connectivity index (χ1n) is 4.18. The van der Waals surface area contributed by atoms with Gasteiger partial charge in [0.15, 0.2) is 0 Å². The number of nitrogens with zero attached hydrogens (tertiary/aromatic N) is 3. The van der Waals surface area contributed by atoms with E-state index in [2.05, 4.69) is 22.2 Å². The van der Waals surface area contributed by atoms with Crippen LogP contribution in [0.4, 0.5) is 0 Å². The fourth-order valence-electron chi connectivity index (χ4n) is 1.51. The molecule has 0 amide bonds. The molecule has 66 valence electrons. The zero-order valence-corrected chi connectivity index (χ0v) is 6.93. The van der Waals surface area contributed by atoms with Crippen LogP contribution in [0.25, 0.3) is 10.4 Å². The van der Waals surface area contributed by atoms with Crippen LogP contribution >= 0.6 is 0 Å². The maximum absolute atomic E-state index is 8.92. The van der Waals surface area contributed by atoms with E-state index in [1.54, 1.807) is 0 Å². The second-order valence-electron chi connectivity index (χ2n) is 3.00. The van der Waals surface area contributed by atoms with Crippen LogP contribution in [-0.4, -0.2) is 17.8 Å². The molecule has 0 fully saturated rings. The number of rotatable bonds is 3. The summed E-state index contributed by atoms with van der Waals surface area (Å²) in [6.45, 7) is -0.0391. The number of aliphatic hydroxyl groups excluding tert-OH is 1. The molecule has 0 saturated heterocycles. The molecule has 1 aliphatic carbocycles. The lowest BCUT2D eigenvalue weighted by atomic mass is 9.88. The Balaban J connectivity index is 2.52. The lowest BCUT2D eigenvalue weighted by Gasteiger charge is -2.22. The Bertz CT molecular complexity index is 208. The molecule has 1 rings (SSSR count). The Kier molecular flexibility index (Phi) is 3.64. The first kappa shape index (κ1) is 9.10. The Morgan fingerprint density at radius 2 is 2.50 bits per heavy atom. The highest BCUT2D eigenvalue weighted by Gasteiger charge is 2.19. The van der Waals surface area contributed by atoms with Gasteiger partial charge in [-0.15, -0.1) is 0 Å². The molecule has 12 heavy (non-hydrogen) atoms. The molecule has 1 N–H and O–H groups in total. The van der Waals surface area contributed by atoms with Crippen LogP contribution in [0.1, 0.15) is 19.3 Å². The quantitative estimate of drug-likeness (QED) is 0.297. The molecule has 0 radical (unpaired) electrons. The molecule has 2 unspecified atom stereocenters. The molecular weight excluding hydrogens is 154 g/mol. The largest absolute Gasteiger partial charge is 0.396 e. The summed E-state index contributed by atoms with van der Waals surface area (Å²) in [4.78, 5) is 2.72. The van der Waals surface area contributed by atoms with Gasteiger partial charge in [-0.1, -0.05) is 17.3 Å². The van der Waals surface area contributed by atoms with E-state index in [-0.39, 0.29) is 12.6 Å². The average molecular weight is 167 g/mol. The molecule has 0 aromatic heterocycles. The summed E-state index contributed by atoms with van der Waals surface area (Å²) in [7, 11) is 0. The molecule has 0 saturated carbocycles. The van der Waals surface area contributed by atoms with E-state index in [9.17, 15) is 0 Å². The molecule has 0 spiro atoms. The number of aliphatic hydroxyl groups is 1. The zero-order chi connectivity index (χ0) is 8.81. The third-order valence-corrected chi connectivity index (χ3v) is 2.24. The lowest BCUT2D eigenvalue weighted by molar-refractivity contribution is 0.219. The van der Waals surface area contributed by atoms with E-state index in [1.165, 1.54) is 0 Å². The summed E-state index contributed by atoms with van der Waals surface area (Å²) >= 11 is 0. The van der Waals surface area contributed by atoms with E-state index < -0.39 is 0 Å². The zero-order valence-electron chi connectivity index (χ0n) is 6.93. The van der Waals surface area contributed by atoms with Crippen molar-refractivity contribution in [2.24, 2.45) is 11.0 Å². The Hall–Kier alpha value is -0.990. The van der Waals surface area contributed by atoms with Gasteiger partial charge in [-0.05, 0) is 30.7 Å². The topological polar surface area (TPSA) is 69.0 Å². The summed E-state index contributed by atoms with van der Waals surface area (Å²) in [6, 6.07) is -0.236. The highest BCUT2D eigenvalue weighted by atomic mass is 16.3. The second kappa shape index (κ2) is 4.80. The van der Waals surface area contributed by atoms with E-state index in [0.29, 0.717) is 5.92 Å². The van der Waals surface area contributed by atoms with Gasteiger partial charge < -0.3 is 5.11 Å². The van der Waals surface area contributed by atoms with Gasteiger partial charge in [-0.25, -0.2) is 0 Å². The Labute approximate surface area is 71.5 Å². The molecule has 4 nitrogen and oxygen atoms in total. The Morgan fingerprint density at radius 1 is 1.67 bits per heavy atom. The molecule has 1 aliphatic rings. The third kappa shape index (κ3) is 2.26. The van der Waals surface area contributed by atoms with Crippen molar-refractivity contribution in [2.75, 3.05) is 6.61 Å². The van der Waals surface area contributed by atoms with Crippen LogP contribution < -0.4 is 0 Å². The van der Waals surface area contributed by atoms with Crippen LogP contribution in [0.5, 0.6) is 0 Å². The standard InChI is InChI=1S/C8H13N3O/c9-11-10-8(6-12)7-4-2-1-3-5-7/h1-2,7-8,12H,3-6H2. The van der Waals surface area contributed by atoms with Gasteiger partial charge in [0.05, 0.1) is 12.6 Å². The molecule has 0 aromatic carbocycles. The monoisotopic (exact) mass is 167 g/mol. The molecule has 0 heterocycles. The smallest absolute Gasteiger partial charge is 0.0636 e. The van der Waals surface area contributed by atoms with Gasteiger partial charge in [0, 0.05) is 4.91 Å². The Morgan fingerprint density at radius 3 is 3.00 bits per heavy atom. The molecule has 0 bridgehead atoms. The van der Waals surface area contributed by atoms with Crippen molar-refractivity contribution in [3.63, 3.8) is 0 Å². The number of azide groups is 1. The van der Waals surface area contributed by atoms with E-state index in [4.69, 9.17) is 10.6 Å². The molecule has 4 heteroatoms. The van der Waals surface area contributed by atoms with Gasteiger partial charge in [0.2, 0.25) is 0 Å². The molecular formula is C8H13N3O. The number of allylic oxidation sites excluding steroid dienone is 2. The van der Waals surface area contributed by atoms with Gasteiger partial charge in [-0.3, -0.25) is 0 Å². The van der Waals surface area contributed by atoms with E-state index >= 15 is 0 Å². The van der Waals surface area contributed by atoms with Gasteiger partial charge in [-0.2, -0.15) is 0 Å². The predicted molar refractivity (Wildman–Crippen MR) is 46.5 cm³/mol. The highest BCUT2D eigenvalue weighted by Crippen LogP contribution is 2.23. The van der Waals surface area contributed by atoms with Crippen LogP contribution in [0.15, 0.2) is 17.3 Å². The predicted octanol–water partition coefficient (Wildman–Crippen LogP) is 2.01. The minimum Gasteiger partial charge on any atom is -0.396 e. The second-order valence-corrected chi connectivity index (χ2v) is 3.00. The summed E-state index contributed by atoms with van der Waals surface area (Å²) in [5.41, 5.74) is 8.23. The minimum absolute atomic E-state index is 0.0391. The average Bonchev–Trinajstić information content (AvgIpc) is 2.15. The SMILES string of the molecule is [N-]=[N+]=NC(CO)C1CC=CCC1. The summed E-state index contributed by atoms with van der Waals surface area (Å²) in [5.74, 6) is 0.330. The van der Waals surface area contributed by atoms with Crippen molar-refractivity contribution in [3.05, 3.63) is 22.6 Å². The highest BCUT2D eigenvalue weighted by molar-refractivity contribution is 4.93. The maximum atomic E-state index is 8.92. The van der Waals surface area contributed by atoms with Crippen molar-refractivity contribution >= 4 is 0 Å². The summed E-state index contributed by atoms with van der Waals surface area (Å²) in [6.07, 6.45) is 7.18. The number of hydrogen-bond acceptors (Lipinski definition) is 2. The van der Waals surface area contributed by atoms with E-state index in [0.717, 1.165) is 19.3 Å². The van der Waals surface area contributed by atoms with Crippen molar-refractivity contribution in [3.8, 4) is 0 Å². The van der Waals surface area contributed by atoms with Gasteiger partial charge in [0.25, 0.3) is 0 Å². The van der Waals surface area contributed by atoms with Crippen LogP contribution in [-0.2, 0) is 0 Å². The van der Waals surface area contributed by atoms with Crippen molar-refractivity contribution < 1.29 is 5.11 Å².